The second kappa shape index (κ2) is 5.98. The third-order valence-electron chi connectivity index (χ3n) is 4.15. The average Bonchev–Trinajstić information content (AvgIpc) is 2.83. The van der Waals surface area contributed by atoms with Crippen molar-refractivity contribution < 1.29 is 19.2 Å². The molecule has 0 saturated carbocycles. The van der Waals surface area contributed by atoms with Gasteiger partial charge in [0.05, 0.1) is 0 Å². The summed E-state index contributed by atoms with van der Waals surface area (Å²) in [5, 5.41) is 0. The Bertz CT molecular complexity index is 450. The van der Waals surface area contributed by atoms with Crippen molar-refractivity contribution in [1.29, 1.82) is 0 Å². The number of hydrogen-bond donors (Lipinski definition) is 0. The van der Waals surface area contributed by atoms with Crippen LogP contribution in [0.2, 0.25) is 0 Å². The first-order chi connectivity index (χ1) is 8.91. The Balaban J connectivity index is 2.20. The Morgan fingerprint density at radius 1 is 0.789 bits per heavy atom. The van der Waals surface area contributed by atoms with Gasteiger partial charge in [0.15, 0.2) is 0 Å². The summed E-state index contributed by atoms with van der Waals surface area (Å²) in [6, 6.07) is 0. The molecule has 0 saturated heterocycles. The van der Waals surface area contributed by atoms with Gasteiger partial charge in [0.2, 0.25) is 0 Å². The summed E-state index contributed by atoms with van der Waals surface area (Å²) < 4.78 is 3.43. The minimum atomic E-state index is -0.131. The summed E-state index contributed by atoms with van der Waals surface area (Å²) >= 11 is -0.131. The van der Waals surface area contributed by atoms with Gasteiger partial charge < -0.3 is 0 Å². The van der Waals surface area contributed by atoms with Gasteiger partial charge in [-0.15, -0.1) is 0 Å². The molecule has 2 aliphatic carbocycles. The van der Waals surface area contributed by atoms with Crippen molar-refractivity contribution in [3.8, 4) is 0 Å². The molecule has 2 rings (SSSR count). The molecule has 0 fully saturated rings. The minimum absolute atomic E-state index is 0.131. The van der Waals surface area contributed by atoms with Crippen molar-refractivity contribution in [2.24, 2.45) is 11.8 Å². The van der Waals surface area contributed by atoms with Gasteiger partial charge in [-0.2, -0.15) is 0 Å². The van der Waals surface area contributed by atoms with Crippen LogP contribution in [0.25, 0.3) is 0 Å². The summed E-state index contributed by atoms with van der Waals surface area (Å²) in [6.45, 7) is 14.0. The molecule has 102 valence electrons. The van der Waals surface area contributed by atoms with E-state index in [9.17, 15) is 0 Å². The predicted molar refractivity (Wildman–Crippen MR) is 80.5 cm³/mol. The molecule has 0 aliphatic heterocycles. The molecule has 0 N–H and O–H groups in total. The second-order valence-corrected chi connectivity index (χ2v) is 8.54. The molecule has 0 bridgehead atoms. The second-order valence-electron chi connectivity index (χ2n) is 6.47. The summed E-state index contributed by atoms with van der Waals surface area (Å²) in [6.07, 6.45) is 7.41. The van der Waals surface area contributed by atoms with Crippen molar-refractivity contribution in [3.05, 3.63) is 42.2 Å². The molecular weight excluding hydrogens is 264 g/mol. The van der Waals surface area contributed by atoms with Crippen molar-refractivity contribution in [2.45, 2.75) is 54.4 Å². The first-order valence-corrected chi connectivity index (χ1v) is 9.05. The SMILES string of the molecule is CC1=C(C(C)C)[C]([Ti][C]2=CCC(C)=C2C(C)C)=CC1. The van der Waals surface area contributed by atoms with E-state index in [-0.39, 0.29) is 19.2 Å². The predicted octanol–water partition coefficient (Wildman–Crippen LogP) is 5.59. The molecule has 0 unspecified atom stereocenters. The normalized spacial score (nSPS) is 19.8. The maximum atomic E-state index is 2.51. The maximum absolute atomic E-state index is 2.51. The van der Waals surface area contributed by atoms with E-state index >= 15 is 0 Å². The fourth-order valence-electron chi connectivity index (χ4n) is 3.40. The Morgan fingerprint density at radius 3 is 1.47 bits per heavy atom. The molecule has 0 aromatic rings. The van der Waals surface area contributed by atoms with Crippen LogP contribution >= 0.6 is 0 Å². The van der Waals surface area contributed by atoms with Crippen LogP contribution in [0, 0.1) is 11.8 Å². The summed E-state index contributed by atoms with van der Waals surface area (Å²) in [4.78, 5) is 0. The van der Waals surface area contributed by atoms with Gasteiger partial charge in [0.25, 0.3) is 0 Å². The first-order valence-electron chi connectivity index (χ1n) is 7.49. The molecular formula is C18H26Ti. The number of hydrogen-bond acceptors (Lipinski definition) is 0. The van der Waals surface area contributed by atoms with E-state index in [1.54, 1.807) is 30.0 Å². The molecule has 19 heavy (non-hydrogen) atoms. The first kappa shape index (κ1) is 15.1. The van der Waals surface area contributed by atoms with Gasteiger partial charge in [0.1, 0.15) is 0 Å². The van der Waals surface area contributed by atoms with Crippen LogP contribution in [0.5, 0.6) is 0 Å². The van der Waals surface area contributed by atoms with Gasteiger partial charge in [0, 0.05) is 0 Å². The average molecular weight is 290 g/mol. The number of allylic oxidation sites excluding steroid dienone is 8. The van der Waals surface area contributed by atoms with Crippen molar-refractivity contribution in [3.63, 3.8) is 0 Å². The van der Waals surface area contributed by atoms with Crippen LogP contribution in [-0.2, 0) is 19.2 Å². The fraction of sp³-hybridized carbons (Fsp3) is 0.556. The van der Waals surface area contributed by atoms with Gasteiger partial charge >= 0.3 is 128 Å². The third kappa shape index (κ3) is 3.06. The zero-order valence-corrected chi connectivity index (χ0v) is 14.8. The van der Waals surface area contributed by atoms with Crippen LogP contribution in [0.1, 0.15) is 54.4 Å². The van der Waals surface area contributed by atoms with Gasteiger partial charge in [-0.25, -0.2) is 0 Å². The molecule has 0 spiro atoms. The van der Waals surface area contributed by atoms with Gasteiger partial charge in [-0.3, -0.25) is 0 Å². The summed E-state index contributed by atoms with van der Waals surface area (Å²) in [5.41, 5.74) is 6.57. The van der Waals surface area contributed by atoms with Crippen LogP contribution in [-0.4, -0.2) is 0 Å². The molecule has 2 aliphatic rings. The zero-order valence-electron chi connectivity index (χ0n) is 13.2. The Morgan fingerprint density at radius 2 is 1.16 bits per heavy atom. The summed E-state index contributed by atoms with van der Waals surface area (Å²) in [7, 11) is 0. The van der Waals surface area contributed by atoms with Crippen LogP contribution < -0.4 is 0 Å². The molecule has 0 atom stereocenters. The van der Waals surface area contributed by atoms with E-state index in [1.165, 1.54) is 12.8 Å². The van der Waals surface area contributed by atoms with E-state index < -0.39 is 0 Å². The molecule has 1 heteroatoms. The third-order valence-corrected chi connectivity index (χ3v) is 6.47. The monoisotopic (exact) mass is 290 g/mol. The molecule has 0 aromatic heterocycles. The van der Waals surface area contributed by atoms with Gasteiger partial charge in [-0.05, 0) is 0 Å². The number of rotatable bonds is 4. The van der Waals surface area contributed by atoms with Crippen LogP contribution in [0.15, 0.2) is 42.2 Å². The van der Waals surface area contributed by atoms with Crippen LogP contribution in [0.3, 0.4) is 0 Å². The molecule has 0 amide bonds. The quantitative estimate of drug-likeness (QED) is 0.592. The summed E-state index contributed by atoms with van der Waals surface area (Å²) in [5.74, 6) is 1.37. The standard InChI is InChI=1S/2C9H13.Ti/c2*1-7(2)9-6-4-5-8(9)3;/h2*4,7H,5H2,1-3H3;. The zero-order chi connectivity index (χ0) is 14.2. The Kier molecular flexibility index (Phi) is 4.74. The Hall–Kier alpha value is -0.326. The van der Waals surface area contributed by atoms with Crippen molar-refractivity contribution >= 4 is 0 Å². The fourth-order valence-corrected chi connectivity index (χ4v) is 6.48. The molecule has 0 nitrogen and oxygen atoms in total. The van der Waals surface area contributed by atoms with E-state index in [2.05, 4.69) is 53.7 Å². The molecule has 0 aromatic carbocycles. The molecule has 0 heterocycles. The Labute approximate surface area is 127 Å². The molecule has 0 radical (unpaired) electrons. The van der Waals surface area contributed by atoms with E-state index in [0.717, 1.165) is 0 Å². The van der Waals surface area contributed by atoms with Crippen molar-refractivity contribution in [2.75, 3.05) is 0 Å². The van der Waals surface area contributed by atoms with Gasteiger partial charge in [-0.1, -0.05) is 0 Å². The van der Waals surface area contributed by atoms with E-state index in [4.69, 9.17) is 0 Å². The van der Waals surface area contributed by atoms with Crippen LogP contribution in [0.4, 0.5) is 0 Å². The van der Waals surface area contributed by atoms with E-state index in [1.807, 2.05) is 0 Å². The van der Waals surface area contributed by atoms with Crippen molar-refractivity contribution in [1.82, 2.24) is 0 Å². The topological polar surface area (TPSA) is 0 Å². The van der Waals surface area contributed by atoms with E-state index in [0.29, 0.717) is 11.8 Å².